The zero-order valence-electron chi connectivity index (χ0n) is 13.9. The van der Waals surface area contributed by atoms with Crippen LogP contribution in [-0.2, 0) is 6.73 Å². The molecule has 28 heavy (non-hydrogen) atoms. The number of hydrogen-bond donors (Lipinski definition) is 1. The van der Waals surface area contributed by atoms with Gasteiger partial charge in [-0.2, -0.15) is 5.10 Å². The van der Waals surface area contributed by atoms with Gasteiger partial charge in [0.2, 0.25) is 0 Å². The Morgan fingerprint density at radius 3 is 2.57 bits per heavy atom. The number of benzene rings is 2. The highest BCUT2D eigenvalue weighted by Gasteiger charge is 2.13. The largest absolute Gasteiger partial charge is 0.470 e. The summed E-state index contributed by atoms with van der Waals surface area (Å²) in [5, 5.41) is 18.3. The monoisotopic (exact) mass is 440 g/mol. The van der Waals surface area contributed by atoms with Crippen LogP contribution in [0.5, 0.6) is 5.75 Å². The molecule has 0 fully saturated rings. The molecule has 0 radical (unpaired) electrons. The van der Waals surface area contributed by atoms with Crippen molar-refractivity contribution in [1.82, 2.24) is 9.78 Å². The summed E-state index contributed by atoms with van der Waals surface area (Å²) in [5.41, 5.74) is 0.491. The van der Waals surface area contributed by atoms with Crippen LogP contribution < -0.4 is 10.1 Å². The van der Waals surface area contributed by atoms with Crippen molar-refractivity contribution in [3.05, 3.63) is 79.5 Å². The molecule has 144 valence electrons. The van der Waals surface area contributed by atoms with E-state index >= 15 is 0 Å². The van der Waals surface area contributed by atoms with Crippen LogP contribution in [-0.4, -0.2) is 20.6 Å². The molecule has 1 N–H and O–H groups in total. The zero-order valence-corrected chi connectivity index (χ0v) is 16.2. The van der Waals surface area contributed by atoms with Crippen molar-refractivity contribution < 1.29 is 14.5 Å². The third kappa shape index (κ3) is 4.72. The van der Waals surface area contributed by atoms with Gasteiger partial charge < -0.3 is 10.1 Å². The van der Waals surface area contributed by atoms with E-state index in [1.54, 1.807) is 18.3 Å². The van der Waals surface area contributed by atoms with E-state index in [0.717, 1.165) is 0 Å². The lowest BCUT2D eigenvalue weighted by Crippen LogP contribution is -2.14. The number of nitrogens with zero attached hydrogens (tertiary/aromatic N) is 3. The maximum absolute atomic E-state index is 12.3. The number of rotatable bonds is 6. The van der Waals surface area contributed by atoms with E-state index in [4.69, 9.17) is 39.5 Å². The first kappa shape index (κ1) is 19.9. The smallest absolute Gasteiger partial charge is 0.276 e. The quantitative estimate of drug-likeness (QED) is 0.427. The highest BCUT2D eigenvalue weighted by atomic mass is 35.5. The maximum atomic E-state index is 12.3. The van der Waals surface area contributed by atoms with Crippen LogP contribution in [0.4, 0.5) is 11.4 Å². The van der Waals surface area contributed by atoms with Crippen LogP contribution in [0.15, 0.2) is 48.7 Å². The van der Waals surface area contributed by atoms with Crippen LogP contribution in [0, 0.1) is 10.1 Å². The Labute approximate surface area is 173 Å². The summed E-state index contributed by atoms with van der Waals surface area (Å²) in [4.78, 5) is 22.4. The lowest BCUT2D eigenvalue weighted by Gasteiger charge is -2.08. The lowest BCUT2D eigenvalue weighted by molar-refractivity contribution is -0.384. The van der Waals surface area contributed by atoms with Gasteiger partial charge in [0.15, 0.2) is 12.4 Å². The molecular formula is C17H11Cl3N4O4. The van der Waals surface area contributed by atoms with E-state index in [2.05, 4.69) is 10.4 Å². The minimum atomic E-state index is -0.554. The topological polar surface area (TPSA) is 99.3 Å². The SMILES string of the molecule is O=C(Nc1ccc(Cl)c(Cl)c1)c1ccn(COc2ccc([N+](=O)[O-])cc2Cl)n1. The lowest BCUT2D eigenvalue weighted by atomic mass is 10.3. The number of ether oxygens (including phenoxy) is 1. The second-order valence-corrected chi connectivity index (χ2v) is 6.69. The van der Waals surface area contributed by atoms with Crippen LogP contribution >= 0.6 is 34.8 Å². The number of carbonyl (C=O) groups is 1. The highest BCUT2D eigenvalue weighted by molar-refractivity contribution is 6.42. The Bertz CT molecular complexity index is 1050. The van der Waals surface area contributed by atoms with Gasteiger partial charge in [0, 0.05) is 24.0 Å². The van der Waals surface area contributed by atoms with Gasteiger partial charge in [-0.05, 0) is 30.3 Å². The van der Waals surface area contributed by atoms with Gasteiger partial charge in [-0.1, -0.05) is 34.8 Å². The van der Waals surface area contributed by atoms with Crippen LogP contribution in [0.2, 0.25) is 15.1 Å². The van der Waals surface area contributed by atoms with Crippen LogP contribution in [0.25, 0.3) is 0 Å². The number of nitro benzene ring substituents is 1. The first-order valence-corrected chi connectivity index (χ1v) is 8.83. The number of halogens is 3. The molecule has 0 saturated heterocycles. The fourth-order valence-electron chi connectivity index (χ4n) is 2.18. The summed E-state index contributed by atoms with van der Waals surface area (Å²) in [6.45, 7) is -0.0441. The summed E-state index contributed by atoms with van der Waals surface area (Å²) in [6.07, 6.45) is 1.54. The molecule has 1 heterocycles. The number of nitro groups is 1. The Morgan fingerprint density at radius 2 is 1.89 bits per heavy atom. The molecule has 0 spiro atoms. The van der Waals surface area contributed by atoms with Gasteiger partial charge >= 0.3 is 0 Å². The van der Waals surface area contributed by atoms with Crippen molar-refractivity contribution in [2.75, 3.05) is 5.32 Å². The molecule has 1 amide bonds. The predicted molar refractivity (Wildman–Crippen MR) is 105 cm³/mol. The Hall–Kier alpha value is -2.81. The minimum Gasteiger partial charge on any atom is -0.470 e. The van der Waals surface area contributed by atoms with Crippen molar-refractivity contribution in [2.24, 2.45) is 0 Å². The molecule has 1 aromatic heterocycles. The molecule has 0 atom stereocenters. The summed E-state index contributed by atoms with van der Waals surface area (Å²) in [7, 11) is 0. The number of nitrogens with one attached hydrogen (secondary N) is 1. The van der Waals surface area contributed by atoms with Crippen LogP contribution in [0.1, 0.15) is 10.5 Å². The molecule has 0 bridgehead atoms. The first-order chi connectivity index (χ1) is 13.3. The number of aromatic nitrogens is 2. The molecule has 0 aliphatic heterocycles. The van der Waals surface area contributed by atoms with E-state index in [1.165, 1.54) is 35.0 Å². The Morgan fingerprint density at radius 1 is 1.11 bits per heavy atom. The molecule has 2 aromatic carbocycles. The summed E-state index contributed by atoms with van der Waals surface area (Å²) < 4.78 is 6.86. The normalized spacial score (nSPS) is 10.5. The average Bonchev–Trinajstić information content (AvgIpc) is 3.13. The van der Waals surface area contributed by atoms with E-state index in [-0.39, 0.29) is 28.9 Å². The van der Waals surface area contributed by atoms with Gasteiger partial charge in [0.1, 0.15) is 5.75 Å². The second kappa shape index (κ2) is 8.47. The Balaban J connectivity index is 1.63. The van der Waals surface area contributed by atoms with Gasteiger partial charge in [0.05, 0.1) is 20.0 Å². The number of anilines is 1. The molecule has 0 saturated carbocycles. The standard InChI is InChI=1S/C17H11Cl3N4O4/c18-12-3-1-10(7-13(12)19)21-17(25)15-5-6-23(22-15)9-28-16-4-2-11(24(26)27)8-14(16)20/h1-8H,9H2,(H,21,25). The summed E-state index contributed by atoms with van der Waals surface area (Å²) in [5.74, 6) is -0.185. The maximum Gasteiger partial charge on any atom is 0.276 e. The molecule has 0 aliphatic rings. The molecule has 0 aliphatic carbocycles. The van der Waals surface area contributed by atoms with Crippen molar-refractivity contribution in [1.29, 1.82) is 0 Å². The number of non-ortho nitro benzene ring substituents is 1. The molecule has 11 heteroatoms. The van der Waals surface area contributed by atoms with Crippen molar-refractivity contribution in [2.45, 2.75) is 6.73 Å². The van der Waals surface area contributed by atoms with E-state index in [9.17, 15) is 14.9 Å². The van der Waals surface area contributed by atoms with Gasteiger partial charge in [-0.25, -0.2) is 4.68 Å². The predicted octanol–water partition coefficient (Wildman–Crippen LogP) is 5.04. The minimum absolute atomic E-state index is 0.0441. The fourth-order valence-corrected chi connectivity index (χ4v) is 2.71. The number of amides is 1. The van der Waals surface area contributed by atoms with E-state index in [1.807, 2.05) is 0 Å². The fraction of sp³-hybridized carbons (Fsp3) is 0.0588. The zero-order chi connectivity index (χ0) is 20.3. The number of hydrogen-bond acceptors (Lipinski definition) is 5. The summed E-state index contributed by atoms with van der Waals surface area (Å²) in [6, 6.07) is 10.1. The van der Waals surface area contributed by atoms with Gasteiger partial charge in [-0.3, -0.25) is 14.9 Å². The average molecular weight is 442 g/mol. The highest BCUT2D eigenvalue weighted by Crippen LogP contribution is 2.29. The molecule has 8 nitrogen and oxygen atoms in total. The van der Waals surface area contributed by atoms with Gasteiger partial charge in [-0.15, -0.1) is 0 Å². The molecular weight excluding hydrogens is 431 g/mol. The van der Waals surface area contributed by atoms with E-state index < -0.39 is 10.8 Å². The summed E-state index contributed by atoms with van der Waals surface area (Å²) >= 11 is 17.7. The Kier molecular flexibility index (Phi) is 6.03. The third-order valence-corrected chi connectivity index (χ3v) is 4.56. The first-order valence-electron chi connectivity index (χ1n) is 7.70. The molecule has 3 rings (SSSR count). The van der Waals surface area contributed by atoms with Crippen LogP contribution in [0.3, 0.4) is 0 Å². The van der Waals surface area contributed by atoms with Crippen molar-refractivity contribution in [3.63, 3.8) is 0 Å². The molecule has 3 aromatic rings. The van der Waals surface area contributed by atoms with Crippen molar-refractivity contribution >= 4 is 52.1 Å². The molecule has 0 unspecified atom stereocenters. The van der Waals surface area contributed by atoms with E-state index in [0.29, 0.717) is 15.7 Å². The third-order valence-electron chi connectivity index (χ3n) is 3.53. The van der Waals surface area contributed by atoms with Crippen molar-refractivity contribution in [3.8, 4) is 5.75 Å². The second-order valence-electron chi connectivity index (χ2n) is 5.47. The number of carbonyl (C=O) groups excluding carboxylic acids is 1. The van der Waals surface area contributed by atoms with Gasteiger partial charge in [0.25, 0.3) is 11.6 Å².